The molecule has 0 radical (unpaired) electrons. The van der Waals surface area contributed by atoms with E-state index in [-0.39, 0.29) is 12.5 Å². The van der Waals surface area contributed by atoms with Crippen molar-refractivity contribution in [3.05, 3.63) is 90.3 Å². The predicted molar refractivity (Wildman–Crippen MR) is 118 cm³/mol. The van der Waals surface area contributed by atoms with Gasteiger partial charge in [-0.1, -0.05) is 36.4 Å². The third-order valence-electron chi connectivity index (χ3n) is 4.73. The lowest BCUT2D eigenvalue weighted by atomic mass is 10.1. The lowest BCUT2D eigenvalue weighted by molar-refractivity contribution is -0.114. The Hall–Kier alpha value is -4.20. The Morgan fingerprint density at radius 2 is 1.81 bits per heavy atom. The maximum Gasteiger partial charge on any atom is 0.243 e. The number of anilines is 2. The zero-order valence-electron chi connectivity index (χ0n) is 17.0. The van der Waals surface area contributed by atoms with Crippen molar-refractivity contribution >= 4 is 17.3 Å². The molecule has 8 heteroatoms. The maximum atomic E-state index is 12.4. The summed E-state index contributed by atoms with van der Waals surface area (Å²) in [4.78, 5) is 12.4. The number of hydrogen-bond acceptors (Lipinski definition) is 6. The van der Waals surface area contributed by atoms with Gasteiger partial charge in [0.1, 0.15) is 18.7 Å². The number of carbonyl (C=O) groups excluding carboxylic acids is 1. The smallest absolute Gasteiger partial charge is 0.243 e. The van der Waals surface area contributed by atoms with Crippen molar-refractivity contribution < 1.29 is 9.53 Å². The standard InChI is InChI=1S/C23H22N6O2/c1-17-21(8-5-9-22(17)29-16-25-27-28-29)24-14-23(30)26-19-10-12-20(13-11-19)31-15-18-6-3-2-4-7-18/h2-13,16,24H,14-15H2,1H3,(H,26,30). The molecule has 1 aromatic heterocycles. The first-order chi connectivity index (χ1) is 15.2. The van der Waals surface area contributed by atoms with Gasteiger partial charge < -0.3 is 15.4 Å². The SMILES string of the molecule is Cc1c(NCC(=O)Nc2ccc(OCc3ccccc3)cc2)cccc1-n1cnnn1. The summed E-state index contributed by atoms with van der Waals surface area (Å²) in [7, 11) is 0. The van der Waals surface area contributed by atoms with Crippen LogP contribution in [0.5, 0.6) is 5.75 Å². The molecular formula is C23H22N6O2. The Bertz CT molecular complexity index is 1130. The summed E-state index contributed by atoms with van der Waals surface area (Å²) in [5, 5.41) is 17.3. The summed E-state index contributed by atoms with van der Waals surface area (Å²) in [6, 6.07) is 23.0. The zero-order chi connectivity index (χ0) is 21.5. The quantitative estimate of drug-likeness (QED) is 0.458. The fourth-order valence-corrected chi connectivity index (χ4v) is 3.09. The van der Waals surface area contributed by atoms with Crippen molar-refractivity contribution in [3.8, 4) is 11.4 Å². The van der Waals surface area contributed by atoms with Crippen molar-refractivity contribution in [2.45, 2.75) is 13.5 Å². The molecule has 0 aliphatic heterocycles. The van der Waals surface area contributed by atoms with E-state index in [9.17, 15) is 4.79 Å². The van der Waals surface area contributed by atoms with Gasteiger partial charge in [0.15, 0.2) is 0 Å². The van der Waals surface area contributed by atoms with E-state index >= 15 is 0 Å². The van der Waals surface area contributed by atoms with Crippen molar-refractivity contribution in [1.82, 2.24) is 20.2 Å². The van der Waals surface area contributed by atoms with Crippen LogP contribution >= 0.6 is 0 Å². The van der Waals surface area contributed by atoms with Crippen molar-refractivity contribution in [2.75, 3.05) is 17.2 Å². The van der Waals surface area contributed by atoms with Crippen LogP contribution in [0, 0.1) is 6.92 Å². The molecule has 8 nitrogen and oxygen atoms in total. The first-order valence-corrected chi connectivity index (χ1v) is 9.82. The first-order valence-electron chi connectivity index (χ1n) is 9.82. The molecule has 0 aliphatic carbocycles. The zero-order valence-corrected chi connectivity index (χ0v) is 17.0. The lowest BCUT2D eigenvalue weighted by Crippen LogP contribution is -2.22. The molecule has 0 saturated carbocycles. The monoisotopic (exact) mass is 414 g/mol. The lowest BCUT2D eigenvalue weighted by Gasteiger charge is -2.13. The minimum atomic E-state index is -0.148. The number of aromatic nitrogens is 4. The van der Waals surface area contributed by atoms with E-state index in [4.69, 9.17) is 4.74 Å². The molecule has 0 atom stereocenters. The van der Waals surface area contributed by atoms with Crippen LogP contribution in [0.25, 0.3) is 5.69 Å². The molecule has 0 unspecified atom stereocenters. The summed E-state index contributed by atoms with van der Waals surface area (Å²) in [6.45, 7) is 2.58. The van der Waals surface area contributed by atoms with Crippen molar-refractivity contribution in [1.29, 1.82) is 0 Å². The molecule has 31 heavy (non-hydrogen) atoms. The topological polar surface area (TPSA) is 94.0 Å². The van der Waals surface area contributed by atoms with Crippen LogP contribution in [-0.4, -0.2) is 32.7 Å². The summed E-state index contributed by atoms with van der Waals surface area (Å²) in [5.41, 5.74) is 4.44. The molecule has 2 N–H and O–H groups in total. The van der Waals surface area contributed by atoms with Crippen LogP contribution in [0.3, 0.4) is 0 Å². The average molecular weight is 414 g/mol. The van der Waals surface area contributed by atoms with Crippen LogP contribution < -0.4 is 15.4 Å². The predicted octanol–water partition coefficient (Wildman–Crippen LogP) is 3.60. The molecule has 4 aromatic rings. The van der Waals surface area contributed by atoms with E-state index in [1.165, 1.54) is 6.33 Å². The third-order valence-corrected chi connectivity index (χ3v) is 4.73. The van der Waals surface area contributed by atoms with Gasteiger partial charge in [-0.2, -0.15) is 0 Å². The van der Waals surface area contributed by atoms with Crippen LogP contribution in [0.4, 0.5) is 11.4 Å². The first kappa shape index (κ1) is 20.1. The molecule has 0 fully saturated rings. The number of hydrogen-bond donors (Lipinski definition) is 2. The molecule has 0 spiro atoms. The second-order valence-electron chi connectivity index (χ2n) is 6.90. The van der Waals surface area contributed by atoms with Gasteiger partial charge in [-0.05, 0) is 64.9 Å². The van der Waals surface area contributed by atoms with Crippen LogP contribution in [0.2, 0.25) is 0 Å². The second kappa shape index (κ2) is 9.53. The van der Waals surface area contributed by atoms with Crippen molar-refractivity contribution in [2.24, 2.45) is 0 Å². The fourth-order valence-electron chi connectivity index (χ4n) is 3.09. The Morgan fingerprint density at radius 3 is 2.55 bits per heavy atom. The summed E-state index contributed by atoms with van der Waals surface area (Å²) in [6.07, 6.45) is 1.53. The summed E-state index contributed by atoms with van der Waals surface area (Å²) in [5.74, 6) is 0.597. The number of benzene rings is 3. The van der Waals surface area contributed by atoms with Gasteiger partial charge in [0.05, 0.1) is 12.2 Å². The van der Waals surface area contributed by atoms with Gasteiger partial charge in [-0.3, -0.25) is 4.79 Å². The molecule has 4 rings (SSSR count). The molecule has 3 aromatic carbocycles. The summed E-state index contributed by atoms with van der Waals surface area (Å²) < 4.78 is 7.36. The molecular weight excluding hydrogens is 392 g/mol. The van der Waals surface area contributed by atoms with Gasteiger partial charge in [0.25, 0.3) is 0 Å². The molecule has 0 aliphatic rings. The second-order valence-corrected chi connectivity index (χ2v) is 6.90. The van der Waals surface area contributed by atoms with Crippen LogP contribution in [-0.2, 0) is 11.4 Å². The van der Waals surface area contributed by atoms with Crippen LogP contribution in [0.15, 0.2) is 79.1 Å². The van der Waals surface area contributed by atoms with Gasteiger partial charge in [-0.25, -0.2) is 4.68 Å². The van der Waals surface area contributed by atoms with Crippen LogP contribution in [0.1, 0.15) is 11.1 Å². The number of nitrogens with zero attached hydrogens (tertiary/aromatic N) is 4. The minimum Gasteiger partial charge on any atom is -0.489 e. The molecule has 0 bridgehead atoms. The van der Waals surface area contributed by atoms with E-state index in [1.54, 1.807) is 4.68 Å². The normalized spacial score (nSPS) is 10.5. The van der Waals surface area contributed by atoms with Gasteiger partial charge >= 0.3 is 0 Å². The number of tetrazole rings is 1. The molecule has 1 heterocycles. The fraction of sp³-hybridized carbons (Fsp3) is 0.130. The van der Waals surface area contributed by atoms with Gasteiger partial charge in [-0.15, -0.1) is 5.10 Å². The van der Waals surface area contributed by atoms with E-state index in [1.807, 2.05) is 79.7 Å². The Labute approximate surface area is 179 Å². The van der Waals surface area contributed by atoms with E-state index in [0.29, 0.717) is 12.3 Å². The minimum absolute atomic E-state index is 0.131. The highest BCUT2D eigenvalue weighted by Gasteiger charge is 2.09. The van der Waals surface area contributed by atoms with E-state index < -0.39 is 0 Å². The number of carbonyl (C=O) groups is 1. The number of ether oxygens (including phenoxy) is 1. The van der Waals surface area contributed by atoms with Crippen molar-refractivity contribution in [3.63, 3.8) is 0 Å². The Morgan fingerprint density at radius 1 is 1.00 bits per heavy atom. The Balaban J connectivity index is 1.30. The number of rotatable bonds is 8. The highest BCUT2D eigenvalue weighted by molar-refractivity contribution is 5.93. The largest absolute Gasteiger partial charge is 0.489 e. The maximum absolute atomic E-state index is 12.4. The van der Waals surface area contributed by atoms with E-state index in [0.717, 1.165) is 28.3 Å². The number of amides is 1. The third kappa shape index (κ3) is 5.24. The average Bonchev–Trinajstić information content (AvgIpc) is 3.33. The highest BCUT2D eigenvalue weighted by Crippen LogP contribution is 2.21. The van der Waals surface area contributed by atoms with Gasteiger partial charge in [0, 0.05) is 11.4 Å². The highest BCUT2D eigenvalue weighted by atomic mass is 16.5. The Kier molecular flexibility index (Phi) is 6.18. The molecule has 0 saturated heterocycles. The molecule has 1 amide bonds. The number of nitrogens with one attached hydrogen (secondary N) is 2. The van der Waals surface area contributed by atoms with Gasteiger partial charge in [0.2, 0.25) is 5.91 Å². The molecule has 156 valence electrons. The summed E-state index contributed by atoms with van der Waals surface area (Å²) >= 11 is 0. The van der Waals surface area contributed by atoms with E-state index in [2.05, 4.69) is 26.2 Å².